The van der Waals surface area contributed by atoms with E-state index < -0.39 is 11.7 Å². The Morgan fingerprint density at radius 1 is 1.08 bits per heavy atom. The Balaban J connectivity index is 1.60. The maximum Gasteiger partial charge on any atom is 0.416 e. The van der Waals surface area contributed by atoms with E-state index in [9.17, 15) is 13.2 Å². The molecule has 10 heteroatoms. The second-order valence-electron chi connectivity index (χ2n) is 4.80. The number of halogens is 3. The summed E-state index contributed by atoms with van der Waals surface area (Å²) in [6.07, 6.45) is -4.37. The van der Waals surface area contributed by atoms with E-state index in [2.05, 4.69) is 20.3 Å². The third-order valence-corrected chi connectivity index (χ3v) is 3.87. The van der Waals surface area contributed by atoms with Crippen LogP contribution in [0.15, 0.2) is 33.2 Å². The molecule has 0 unspecified atom stereocenters. The van der Waals surface area contributed by atoms with Gasteiger partial charge >= 0.3 is 6.18 Å². The van der Waals surface area contributed by atoms with Crippen molar-refractivity contribution in [2.45, 2.75) is 24.6 Å². The van der Waals surface area contributed by atoms with Crippen LogP contribution in [0.1, 0.15) is 23.2 Å². The summed E-state index contributed by atoms with van der Waals surface area (Å²) in [4.78, 5) is 4.07. The monoisotopic (exact) mass is 356 g/mol. The number of nitrogens with zero attached hydrogens (tertiary/aromatic N) is 4. The van der Waals surface area contributed by atoms with Crippen molar-refractivity contribution in [2.75, 3.05) is 0 Å². The van der Waals surface area contributed by atoms with E-state index in [1.54, 1.807) is 6.92 Å². The molecule has 0 amide bonds. The molecule has 0 saturated heterocycles. The number of aryl methyl sites for hydroxylation is 1. The van der Waals surface area contributed by atoms with Gasteiger partial charge in [0.25, 0.3) is 0 Å². The maximum absolute atomic E-state index is 12.5. The highest BCUT2D eigenvalue weighted by atomic mass is 32.2. The molecular weight excluding hydrogens is 345 g/mol. The van der Waals surface area contributed by atoms with E-state index in [4.69, 9.17) is 8.94 Å². The summed E-state index contributed by atoms with van der Waals surface area (Å²) in [6, 6.07) is 4.56. The number of hydrogen-bond donors (Lipinski definition) is 0. The summed E-state index contributed by atoms with van der Waals surface area (Å²) in [5.41, 5.74) is -0.294. The lowest BCUT2D eigenvalue weighted by molar-refractivity contribution is -0.137. The molecule has 126 valence electrons. The van der Waals surface area contributed by atoms with Gasteiger partial charge in [0.1, 0.15) is 0 Å². The lowest BCUT2D eigenvalue weighted by Crippen LogP contribution is -2.03. The van der Waals surface area contributed by atoms with Crippen molar-refractivity contribution in [3.8, 4) is 11.5 Å². The topological polar surface area (TPSA) is 77.8 Å². The summed E-state index contributed by atoms with van der Waals surface area (Å²) < 4.78 is 47.9. The molecule has 0 atom stereocenters. The number of thioether (sulfide) groups is 1. The van der Waals surface area contributed by atoms with E-state index in [1.807, 2.05) is 0 Å². The Morgan fingerprint density at radius 3 is 2.46 bits per heavy atom. The molecule has 0 bridgehead atoms. The van der Waals surface area contributed by atoms with Gasteiger partial charge in [-0.05, 0) is 24.3 Å². The standard InChI is InChI=1S/C14H11F3N4O2S/c1-8-18-11(21-23-8)6-24-7-12-19-20-13(22-12)9-2-4-10(5-3-9)14(15,16)17/h2-5H,6-7H2,1H3. The number of alkyl halides is 3. The van der Waals surface area contributed by atoms with Crippen LogP contribution in [0.3, 0.4) is 0 Å². The highest BCUT2D eigenvalue weighted by Crippen LogP contribution is 2.30. The fourth-order valence-electron chi connectivity index (χ4n) is 1.86. The zero-order valence-electron chi connectivity index (χ0n) is 12.4. The molecule has 0 aliphatic heterocycles. The van der Waals surface area contributed by atoms with Gasteiger partial charge in [-0.2, -0.15) is 18.2 Å². The SMILES string of the molecule is Cc1nc(CSCc2nnc(-c3ccc(C(F)(F)F)cc3)o2)no1. The molecule has 0 aliphatic rings. The third kappa shape index (κ3) is 3.94. The van der Waals surface area contributed by atoms with Crippen LogP contribution in [0.4, 0.5) is 13.2 Å². The Kier molecular flexibility index (Phi) is 4.56. The molecule has 0 radical (unpaired) electrons. The lowest BCUT2D eigenvalue weighted by Gasteiger charge is -2.05. The highest BCUT2D eigenvalue weighted by Gasteiger charge is 2.30. The van der Waals surface area contributed by atoms with Gasteiger partial charge in [-0.15, -0.1) is 22.0 Å². The first-order valence-corrected chi connectivity index (χ1v) is 7.94. The molecule has 3 aromatic rings. The molecule has 24 heavy (non-hydrogen) atoms. The summed E-state index contributed by atoms with van der Waals surface area (Å²) in [5, 5.41) is 11.5. The Bertz CT molecular complexity index is 814. The van der Waals surface area contributed by atoms with Crippen molar-refractivity contribution >= 4 is 11.8 Å². The maximum atomic E-state index is 12.5. The number of benzene rings is 1. The first-order valence-electron chi connectivity index (χ1n) is 6.79. The van der Waals surface area contributed by atoms with Gasteiger partial charge < -0.3 is 8.94 Å². The van der Waals surface area contributed by atoms with Gasteiger partial charge in [0.05, 0.1) is 17.1 Å². The van der Waals surface area contributed by atoms with E-state index >= 15 is 0 Å². The van der Waals surface area contributed by atoms with Crippen LogP contribution in [-0.4, -0.2) is 20.3 Å². The van der Waals surface area contributed by atoms with Crippen LogP contribution in [0, 0.1) is 6.92 Å². The van der Waals surface area contributed by atoms with Crippen LogP contribution in [-0.2, 0) is 17.7 Å². The number of rotatable bonds is 5. The normalized spacial score (nSPS) is 11.8. The smallest absolute Gasteiger partial charge is 0.416 e. The summed E-state index contributed by atoms with van der Waals surface area (Å²) in [6.45, 7) is 1.70. The van der Waals surface area contributed by atoms with Crippen LogP contribution in [0.2, 0.25) is 0 Å². The van der Waals surface area contributed by atoms with E-state index in [0.717, 1.165) is 12.1 Å². The van der Waals surface area contributed by atoms with Crippen molar-refractivity contribution in [1.82, 2.24) is 20.3 Å². The summed E-state index contributed by atoms with van der Waals surface area (Å²) in [7, 11) is 0. The zero-order valence-corrected chi connectivity index (χ0v) is 13.2. The van der Waals surface area contributed by atoms with Crippen molar-refractivity contribution in [3.05, 3.63) is 47.4 Å². The number of hydrogen-bond acceptors (Lipinski definition) is 7. The molecule has 1 aromatic carbocycles. The Hall–Kier alpha value is -2.36. The van der Waals surface area contributed by atoms with Crippen LogP contribution < -0.4 is 0 Å². The third-order valence-electron chi connectivity index (χ3n) is 2.95. The largest absolute Gasteiger partial charge is 0.420 e. The van der Waals surface area contributed by atoms with Crippen LogP contribution in [0.5, 0.6) is 0 Å². The molecule has 3 rings (SSSR count). The summed E-state index contributed by atoms with van der Waals surface area (Å²) >= 11 is 1.46. The average molecular weight is 356 g/mol. The molecule has 0 N–H and O–H groups in total. The van der Waals surface area contributed by atoms with Crippen molar-refractivity contribution in [3.63, 3.8) is 0 Å². The summed E-state index contributed by atoms with van der Waals surface area (Å²) in [5.74, 6) is 2.56. The van der Waals surface area contributed by atoms with Gasteiger partial charge in [-0.25, -0.2) is 0 Å². The van der Waals surface area contributed by atoms with E-state index in [0.29, 0.717) is 34.7 Å². The minimum absolute atomic E-state index is 0.176. The quantitative estimate of drug-likeness (QED) is 0.686. The zero-order chi connectivity index (χ0) is 17.2. The first kappa shape index (κ1) is 16.5. The minimum atomic E-state index is -4.37. The van der Waals surface area contributed by atoms with E-state index in [1.165, 1.54) is 23.9 Å². The first-order chi connectivity index (χ1) is 11.4. The molecule has 2 aromatic heterocycles. The fourth-order valence-corrected chi connectivity index (χ4v) is 2.55. The molecule has 0 aliphatic carbocycles. The molecule has 6 nitrogen and oxygen atoms in total. The van der Waals surface area contributed by atoms with Crippen molar-refractivity contribution in [2.24, 2.45) is 0 Å². The van der Waals surface area contributed by atoms with Gasteiger partial charge in [-0.1, -0.05) is 5.16 Å². The van der Waals surface area contributed by atoms with Gasteiger partial charge in [0.15, 0.2) is 5.82 Å². The Morgan fingerprint density at radius 2 is 1.83 bits per heavy atom. The molecular formula is C14H11F3N4O2S. The second kappa shape index (κ2) is 6.63. The van der Waals surface area contributed by atoms with Gasteiger partial charge in [-0.3, -0.25) is 0 Å². The minimum Gasteiger partial charge on any atom is -0.420 e. The van der Waals surface area contributed by atoms with Gasteiger partial charge in [0, 0.05) is 12.5 Å². The average Bonchev–Trinajstić information content (AvgIpc) is 3.16. The molecule has 2 heterocycles. The number of aromatic nitrogens is 4. The molecule has 0 fully saturated rings. The van der Waals surface area contributed by atoms with Crippen molar-refractivity contribution in [1.29, 1.82) is 0 Å². The van der Waals surface area contributed by atoms with Crippen LogP contribution >= 0.6 is 11.8 Å². The predicted octanol–water partition coefficient (Wildman–Crippen LogP) is 3.88. The molecule has 0 saturated carbocycles. The van der Waals surface area contributed by atoms with E-state index in [-0.39, 0.29) is 5.89 Å². The Labute approximate surface area is 138 Å². The van der Waals surface area contributed by atoms with Gasteiger partial charge in [0.2, 0.25) is 17.7 Å². The predicted molar refractivity (Wildman–Crippen MR) is 78.8 cm³/mol. The highest BCUT2D eigenvalue weighted by molar-refractivity contribution is 7.97. The fraction of sp³-hybridized carbons (Fsp3) is 0.286. The molecule has 0 spiro atoms. The second-order valence-corrected chi connectivity index (χ2v) is 5.78. The van der Waals surface area contributed by atoms with Crippen molar-refractivity contribution < 1.29 is 22.1 Å². The van der Waals surface area contributed by atoms with Crippen LogP contribution in [0.25, 0.3) is 11.5 Å². The lowest BCUT2D eigenvalue weighted by atomic mass is 10.1.